The molecule has 2 aromatic heterocycles. The van der Waals surface area contributed by atoms with Crippen LogP contribution in [0.4, 0.5) is 0 Å². The number of nitrogens with two attached hydrogens (primary N) is 1. The molecule has 0 fully saturated rings. The normalized spacial score (nSPS) is 13.8. The van der Waals surface area contributed by atoms with Gasteiger partial charge in [0.25, 0.3) is 0 Å². The first-order valence-electron chi connectivity index (χ1n) is 6.57. The van der Waals surface area contributed by atoms with Crippen molar-refractivity contribution in [3.05, 3.63) is 34.6 Å². The van der Waals surface area contributed by atoms with Crippen molar-refractivity contribution in [3.8, 4) is 0 Å². The highest BCUT2D eigenvalue weighted by molar-refractivity contribution is 7.99. The summed E-state index contributed by atoms with van der Waals surface area (Å²) in [6.07, 6.45) is 3.45. The number of fused-ring (bicyclic) bond motifs is 1. The van der Waals surface area contributed by atoms with Crippen LogP contribution in [0.15, 0.2) is 22.2 Å². The average Bonchev–Trinajstić information content (AvgIpc) is 2.95. The smallest absolute Gasteiger partial charge is 0.107 e. The molecule has 1 aliphatic carbocycles. The Morgan fingerprint density at radius 3 is 2.89 bits per heavy atom. The summed E-state index contributed by atoms with van der Waals surface area (Å²) in [5.74, 6) is 0. The first-order chi connectivity index (χ1) is 9.17. The van der Waals surface area contributed by atoms with E-state index in [0.29, 0.717) is 6.54 Å². The van der Waals surface area contributed by atoms with Gasteiger partial charge in [-0.15, -0.1) is 0 Å². The minimum atomic E-state index is 0.541. The van der Waals surface area contributed by atoms with Crippen LogP contribution in [0.25, 0.3) is 0 Å². The molecule has 0 atom stereocenters. The van der Waals surface area contributed by atoms with Crippen LogP contribution in [0.1, 0.15) is 28.9 Å². The Morgan fingerprint density at radius 1 is 1.37 bits per heavy atom. The zero-order valence-corrected chi connectivity index (χ0v) is 12.1. The quantitative estimate of drug-likeness (QED) is 0.932. The SMILES string of the molecule is Cc1cc(Sc2nc3c(cc2CN)CCC3)n(C)n1. The summed E-state index contributed by atoms with van der Waals surface area (Å²) in [4.78, 5) is 4.81. The molecule has 4 nitrogen and oxygen atoms in total. The Kier molecular flexibility index (Phi) is 3.33. The third kappa shape index (κ3) is 2.40. The van der Waals surface area contributed by atoms with Gasteiger partial charge in [0.1, 0.15) is 10.1 Å². The van der Waals surface area contributed by atoms with Gasteiger partial charge >= 0.3 is 0 Å². The van der Waals surface area contributed by atoms with Crippen molar-refractivity contribution < 1.29 is 0 Å². The molecule has 0 saturated heterocycles. The third-order valence-electron chi connectivity index (χ3n) is 3.47. The molecule has 0 saturated carbocycles. The van der Waals surface area contributed by atoms with Crippen LogP contribution in [0.5, 0.6) is 0 Å². The van der Waals surface area contributed by atoms with Crippen molar-refractivity contribution in [1.29, 1.82) is 0 Å². The first kappa shape index (κ1) is 12.7. The Hall–Kier alpha value is -1.33. The second kappa shape index (κ2) is 4.98. The number of aromatic nitrogens is 3. The highest BCUT2D eigenvalue weighted by Gasteiger charge is 2.17. The molecule has 2 N–H and O–H groups in total. The average molecular weight is 274 g/mol. The molecule has 2 heterocycles. The molecule has 0 aromatic carbocycles. The molecule has 1 aliphatic rings. The molecule has 0 spiro atoms. The van der Waals surface area contributed by atoms with E-state index < -0.39 is 0 Å². The molecule has 0 amide bonds. The van der Waals surface area contributed by atoms with Crippen molar-refractivity contribution in [2.24, 2.45) is 12.8 Å². The molecule has 3 rings (SSSR count). The van der Waals surface area contributed by atoms with Crippen LogP contribution in [-0.2, 0) is 26.4 Å². The predicted molar refractivity (Wildman–Crippen MR) is 76.2 cm³/mol. The van der Waals surface area contributed by atoms with Crippen molar-refractivity contribution >= 4 is 11.8 Å². The van der Waals surface area contributed by atoms with Crippen LogP contribution in [0, 0.1) is 6.92 Å². The van der Waals surface area contributed by atoms with E-state index in [9.17, 15) is 0 Å². The van der Waals surface area contributed by atoms with Crippen molar-refractivity contribution in [2.75, 3.05) is 0 Å². The largest absolute Gasteiger partial charge is 0.326 e. The molecule has 2 aromatic rings. The zero-order chi connectivity index (χ0) is 13.4. The van der Waals surface area contributed by atoms with Gasteiger partial charge in [-0.1, -0.05) is 17.8 Å². The van der Waals surface area contributed by atoms with Crippen molar-refractivity contribution in [2.45, 2.75) is 42.8 Å². The Morgan fingerprint density at radius 2 is 2.21 bits per heavy atom. The molecule has 0 aliphatic heterocycles. The summed E-state index contributed by atoms with van der Waals surface area (Å²) in [6, 6.07) is 4.32. The Balaban J connectivity index is 1.98. The fourth-order valence-corrected chi connectivity index (χ4v) is 3.55. The van der Waals surface area contributed by atoms with Gasteiger partial charge in [-0.2, -0.15) is 5.10 Å². The monoisotopic (exact) mass is 274 g/mol. The van der Waals surface area contributed by atoms with Gasteiger partial charge in [0.05, 0.1) is 5.69 Å². The van der Waals surface area contributed by atoms with Crippen LogP contribution >= 0.6 is 11.8 Å². The van der Waals surface area contributed by atoms with Crippen LogP contribution in [-0.4, -0.2) is 14.8 Å². The Bertz CT molecular complexity index is 618. The van der Waals surface area contributed by atoms with Crippen molar-refractivity contribution in [3.63, 3.8) is 0 Å². The Labute approximate surface area is 117 Å². The van der Waals surface area contributed by atoms with E-state index in [4.69, 9.17) is 10.7 Å². The second-order valence-corrected chi connectivity index (χ2v) is 5.97. The zero-order valence-electron chi connectivity index (χ0n) is 11.3. The van der Waals surface area contributed by atoms with E-state index in [-0.39, 0.29) is 0 Å². The lowest BCUT2D eigenvalue weighted by Crippen LogP contribution is -2.04. The van der Waals surface area contributed by atoms with E-state index in [1.807, 2.05) is 18.7 Å². The molecular formula is C14H18N4S. The highest BCUT2D eigenvalue weighted by atomic mass is 32.2. The molecule has 0 bridgehead atoms. The number of pyridine rings is 1. The molecule has 19 heavy (non-hydrogen) atoms. The summed E-state index contributed by atoms with van der Waals surface area (Å²) < 4.78 is 1.90. The summed E-state index contributed by atoms with van der Waals surface area (Å²) in [7, 11) is 1.96. The topological polar surface area (TPSA) is 56.7 Å². The number of hydrogen-bond acceptors (Lipinski definition) is 4. The van der Waals surface area contributed by atoms with E-state index in [0.717, 1.165) is 34.2 Å². The van der Waals surface area contributed by atoms with Gasteiger partial charge in [0.15, 0.2) is 0 Å². The van der Waals surface area contributed by atoms with Gasteiger partial charge in [-0.25, -0.2) is 4.98 Å². The molecular weight excluding hydrogens is 256 g/mol. The molecule has 0 unspecified atom stereocenters. The minimum Gasteiger partial charge on any atom is -0.326 e. The van der Waals surface area contributed by atoms with E-state index in [2.05, 4.69) is 17.2 Å². The number of hydrogen-bond donors (Lipinski definition) is 1. The van der Waals surface area contributed by atoms with Crippen LogP contribution in [0.3, 0.4) is 0 Å². The molecule has 0 radical (unpaired) electrons. The fourth-order valence-electron chi connectivity index (χ4n) is 2.52. The van der Waals surface area contributed by atoms with E-state index in [1.54, 1.807) is 11.8 Å². The maximum Gasteiger partial charge on any atom is 0.107 e. The lowest BCUT2D eigenvalue weighted by atomic mass is 10.1. The lowest BCUT2D eigenvalue weighted by Gasteiger charge is -2.09. The van der Waals surface area contributed by atoms with Crippen LogP contribution < -0.4 is 5.73 Å². The first-order valence-corrected chi connectivity index (χ1v) is 7.39. The number of aryl methyl sites for hydroxylation is 4. The third-order valence-corrected chi connectivity index (χ3v) is 4.61. The maximum absolute atomic E-state index is 5.87. The summed E-state index contributed by atoms with van der Waals surface area (Å²) >= 11 is 1.66. The van der Waals surface area contributed by atoms with Gasteiger partial charge < -0.3 is 5.73 Å². The van der Waals surface area contributed by atoms with Crippen LogP contribution in [0.2, 0.25) is 0 Å². The summed E-state index contributed by atoms with van der Waals surface area (Å²) in [5.41, 5.74) is 10.7. The van der Waals surface area contributed by atoms with E-state index in [1.165, 1.54) is 17.7 Å². The second-order valence-electron chi connectivity index (χ2n) is 4.97. The highest BCUT2D eigenvalue weighted by Crippen LogP contribution is 2.32. The predicted octanol–water partition coefficient (Wildman–Crippen LogP) is 2.22. The minimum absolute atomic E-state index is 0.541. The van der Waals surface area contributed by atoms with Gasteiger partial charge in [0.2, 0.25) is 0 Å². The molecule has 5 heteroatoms. The van der Waals surface area contributed by atoms with Gasteiger partial charge in [0, 0.05) is 19.3 Å². The summed E-state index contributed by atoms with van der Waals surface area (Å²) in [5, 5.41) is 6.51. The van der Waals surface area contributed by atoms with E-state index >= 15 is 0 Å². The van der Waals surface area contributed by atoms with Gasteiger partial charge in [-0.05, 0) is 43.4 Å². The summed E-state index contributed by atoms with van der Waals surface area (Å²) in [6.45, 7) is 2.55. The maximum atomic E-state index is 5.87. The number of nitrogens with zero attached hydrogens (tertiary/aromatic N) is 3. The fraction of sp³-hybridized carbons (Fsp3) is 0.429. The lowest BCUT2D eigenvalue weighted by molar-refractivity contribution is 0.691. The van der Waals surface area contributed by atoms with Gasteiger partial charge in [-0.3, -0.25) is 4.68 Å². The number of rotatable bonds is 3. The standard InChI is InChI=1S/C14H18N4S/c1-9-6-13(18(2)17-9)19-14-11(8-15)7-10-4-3-5-12(10)16-14/h6-7H,3-5,8,15H2,1-2H3. The molecule has 100 valence electrons. The van der Waals surface area contributed by atoms with Crippen molar-refractivity contribution in [1.82, 2.24) is 14.8 Å².